The van der Waals surface area contributed by atoms with Gasteiger partial charge in [0.05, 0.1) is 24.3 Å². The van der Waals surface area contributed by atoms with Gasteiger partial charge >= 0.3 is 0 Å². The third-order valence-corrected chi connectivity index (χ3v) is 8.59. The molecule has 2 saturated heterocycles. The number of nitrogens with one attached hydrogen (secondary N) is 1. The number of hydrogen-bond donors (Lipinski definition) is 1. The molecule has 1 N–H and O–H groups in total. The van der Waals surface area contributed by atoms with Crippen LogP contribution < -0.4 is 15.5 Å². The van der Waals surface area contributed by atoms with Crippen molar-refractivity contribution in [3.05, 3.63) is 70.3 Å². The average Bonchev–Trinajstić information content (AvgIpc) is 3.02. The Morgan fingerprint density at radius 3 is 2.60 bits per heavy atom. The number of hydrogen-bond acceptors (Lipinski definition) is 7. The van der Waals surface area contributed by atoms with E-state index in [9.17, 15) is 9.59 Å². The number of pyridine rings is 1. The normalized spacial score (nSPS) is 17.3. The Labute approximate surface area is 243 Å². The van der Waals surface area contributed by atoms with Crippen molar-refractivity contribution in [1.29, 1.82) is 0 Å². The number of carbonyl (C=O) groups is 1. The number of rotatable bonds is 6. The van der Waals surface area contributed by atoms with Gasteiger partial charge in [-0.25, -0.2) is 4.39 Å². The molecular weight excluding hydrogens is 537 g/mol. The first kappa shape index (κ1) is 26.9. The number of halogens is 1. The van der Waals surface area contributed by atoms with Gasteiger partial charge in [-0.2, -0.15) is 0 Å². The van der Waals surface area contributed by atoms with Crippen LogP contribution in [0.15, 0.2) is 53.5 Å². The number of morpholine rings is 1. The molecule has 0 spiro atoms. The lowest BCUT2D eigenvalue weighted by molar-refractivity contribution is 0.0302. The van der Waals surface area contributed by atoms with Crippen molar-refractivity contribution in [1.82, 2.24) is 19.3 Å². The molecule has 0 radical (unpaired) electrons. The molecule has 0 unspecified atom stereocenters. The summed E-state index contributed by atoms with van der Waals surface area (Å²) in [7, 11) is 2.13. The maximum absolute atomic E-state index is 15.8. The monoisotopic (exact) mass is 571 g/mol. The second-order valence-corrected chi connectivity index (χ2v) is 11.3. The summed E-state index contributed by atoms with van der Waals surface area (Å²) in [6.45, 7) is 7.24. The Bertz CT molecular complexity index is 1740. The standard InChI is InChI=1S/C32H34FN5O4/c1-35-11-13-36(14-12-35)10-4-9-34-27-25(33)19-23-29-31(27)42-26-8-7-21-5-2-3-6-22(21)28(26)38(29)20-24(30(23)39)32(40)37-15-17-41-18-16-37/h2-3,5-8,19-20,34H,4,9-18H2,1H3. The van der Waals surface area contributed by atoms with E-state index < -0.39 is 11.2 Å². The van der Waals surface area contributed by atoms with E-state index in [1.165, 1.54) is 6.07 Å². The number of fused-ring (bicyclic) bond motifs is 4. The molecule has 3 aliphatic rings. The largest absolute Gasteiger partial charge is 0.451 e. The molecule has 1 amide bonds. The van der Waals surface area contributed by atoms with Gasteiger partial charge in [-0.05, 0) is 37.5 Å². The predicted molar refractivity (Wildman–Crippen MR) is 161 cm³/mol. The number of amides is 1. The molecule has 0 aliphatic carbocycles. The smallest absolute Gasteiger partial charge is 0.259 e. The molecule has 3 aliphatic heterocycles. The Balaban J connectivity index is 1.32. The molecule has 7 rings (SSSR count). The molecule has 218 valence electrons. The molecule has 3 aromatic carbocycles. The van der Waals surface area contributed by atoms with Gasteiger partial charge in [0, 0.05) is 57.4 Å². The molecule has 2 fully saturated rings. The zero-order valence-electron chi connectivity index (χ0n) is 23.7. The summed E-state index contributed by atoms with van der Waals surface area (Å²) in [5.41, 5.74) is 0.884. The van der Waals surface area contributed by atoms with Crippen LogP contribution in [-0.2, 0) is 4.74 Å². The van der Waals surface area contributed by atoms with E-state index in [1.54, 1.807) is 11.1 Å². The first-order chi connectivity index (χ1) is 20.5. The van der Waals surface area contributed by atoms with E-state index in [4.69, 9.17) is 9.47 Å². The van der Waals surface area contributed by atoms with Crippen molar-refractivity contribution in [3.8, 4) is 17.2 Å². The van der Waals surface area contributed by atoms with Crippen LogP contribution in [0, 0.1) is 5.82 Å². The molecule has 4 heterocycles. The van der Waals surface area contributed by atoms with Crippen molar-refractivity contribution >= 4 is 33.3 Å². The van der Waals surface area contributed by atoms with Crippen molar-refractivity contribution in [2.45, 2.75) is 6.42 Å². The van der Waals surface area contributed by atoms with Crippen molar-refractivity contribution in [2.24, 2.45) is 0 Å². The number of piperazine rings is 1. The SMILES string of the molecule is CN1CCN(CCCNc2c(F)cc3c(=O)c(C(=O)N4CCOCC4)cn4c3c2Oc2ccc3ccccc3c2-4)CC1. The summed E-state index contributed by atoms with van der Waals surface area (Å²) in [6.07, 6.45) is 2.44. The second kappa shape index (κ2) is 11.0. The minimum absolute atomic E-state index is 0.00317. The number of nitrogens with zero attached hydrogens (tertiary/aromatic N) is 4. The van der Waals surface area contributed by atoms with Crippen molar-refractivity contribution in [2.75, 3.05) is 77.9 Å². The Kier molecular flexibility index (Phi) is 7.05. The lowest BCUT2D eigenvalue weighted by Gasteiger charge is -2.32. The van der Waals surface area contributed by atoms with E-state index in [2.05, 4.69) is 22.2 Å². The summed E-state index contributed by atoms with van der Waals surface area (Å²) in [5.74, 6) is -0.173. The minimum atomic E-state index is -0.582. The number of likely N-dealkylation sites (N-methyl/N-ethyl adjacent to an activating group) is 1. The van der Waals surface area contributed by atoms with Crippen LogP contribution in [0.4, 0.5) is 10.1 Å². The molecule has 0 saturated carbocycles. The summed E-state index contributed by atoms with van der Waals surface area (Å²) in [6, 6.07) is 12.9. The van der Waals surface area contributed by atoms with Crippen LogP contribution >= 0.6 is 0 Å². The number of anilines is 1. The predicted octanol–water partition coefficient (Wildman–Crippen LogP) is 3.91. The topological polar surface area (TPSA) is 79.3 Å². The first-order valence-corrected chi connectivity index (χ1v) is 14.6. The molecule has 4 aromatic rings. The Morgan fingerprint density at radius 1 is 1.00 bits per heavy atom. The van der Waals surface area contributed by atoms with Gasteiger partial charge in [0.1, 0.15) is 16.8 Å². The summed E-state index contributed by atoms with van der Waals surface area (Å²) >= 11 is 0. The fourth-order valence-electron chi connectivity index (χ4n) is 6.22. The molecule has 10 heteroatoms. The third-order valence-electron chi connectivity index (χ3n) is 8.59. The zero-order chi connectivity index (χ0) is 28.8. The highest BCUT2D eigenvalue weighted by Crippen LogP contribution is 2.47. The van der Waals surface area contributed by atoms with Crippen molar-refractivity contribution in [3.63, 3.8) is 0 Å². The Morgan fingerprint density at radius 2 is 1.79 bits per heavy atom. The fraction of sp³-hybridized carbons (Fsp3) is 0.375. The van der Waals surface area contributed by atoms with E-state index in [1.807, 2.05) is 41.0 Å². The van der Waals surface area contributed by atoms with E-state index in [-0.39, 0.29) is 28.3 Å². The number of ether oxygens (including phenoxy) is 2. The van der Waals surface area contributed by atoms with E-state index >= 15 is 4.39 Å². The number of carbonyl (C=O) groups excluding carboxylic acids is 1. The Hall–Kier alpha value is -3.99. The van der Waals surface area contributed by atoms with Gasteiger partial charge in [-0.1, -0.05) is 30.3 Å². The van der Waals surface area contributed by atoms with Crippen LogP contribution in [0.1, 0.15) is 16.8 Å². The van der Waals surface area contributed by atoms with Gasteiger partial charge in [0.2, 0.25) is 5.43 Å². The van der Waals surface area contributed by atoms with E-state index in [0.717, 1.165) is 49.9 Å². The first-order valence-electron chi connectivity index (χ1n) is 14.6. The fourth-order valence-corrected chi connectivity index (χ4v) is 6.22. The molecular formula is C32H34FN5O4. The maximum Gasteiger partial charge on any atom is 0.259 e. The van der Waals surface area contributed by atoms with Crippen molar-refractivity contribution < 1.29 is 18.7 Å². The number of benzene rings is 3. The highest BCUT2D eigenvalue weighted by molar-refractivity contribution is 6.04. The number of aromatic nitrogens is 1. The molecule has 1 aromatic heterocycles. The van der Waals surface area contributed by atoms with Gasteiger partial charge in [0.25, 0.3) is 5.91 Å². The molecule has 0 atom stereocenters. The highest BCUT2D eigenvalue weighted by atomic mass is 19.1. The van der Waals surface area contributed by atoms with Gasteiger partial charge in [-0.15, -0.1) is 0 Å². The van der Waals surface area contributed by atoms with Crippen LogP contribution in [0.3, 0.4) is 0 Å². The average molecular weight is 572 g/mol. The molecule has 42 heavy (non-hydrogen) atoms. The van der Waals surface area contributed by atoms with Crippen LogP contribution in [0.2, 0.25) is 0 Å². The van der Waals surface area contributed by atoms with Gasteiger partial charge < -0.3 is 34.1 Å². The summed E-state index contributed by atoms with van der Waals surface area (Å²) in [5, 5.41) is 5.27. The maximum atomic E-state index is 15.8. The third kappa shape index (κ3) is 4.69. The summed E-state index contributed by atoms with van der Waals surface area (Å²) < 4.78 is 29.5. The highest BCUT2D eigenvalue weighted by Gasteiger charge is 2.31. The quantitative estimate of drug-likeness (QED) is 0.310. The lowest BCUT2D eigenvalue weighted by atomic mass is 10.0. The molecule has 0 bridgehead atoms. The van der Waals surface area contributed by atoms with Gasteiger partial charge in [0.15, 0.2) is 17.3 Å². The van der Waals surface area contributed by atoms with Gasteiger partial charge in [-0.3, -0.25) is 9.59 Å². The molecule has 9 nitrogen and oxygen atoms in total. The van der Waals surface area contributed by atoms with E-state index in [0.29, 0.717) is 49.8 Å². The lowest BCUT2D eigenvalue weighted by Crippen LogP contribution is -2.44. The van der Waals surface area contributed by atoms with Crippen LogP contribution in [0.25, 0.3) is 27.4 Å². The second-order valence-electron chi connectivity index (χ2n) is 11.3. The van der Waals surface area contributed by atoms with Crippen LogP contribution in [0.5, 0.6) is 11.5 Å². The van der Waals surface area contributed by atoms with Crippen LogP contribution in [-0.4, -0.2) is 97.8 Å². The summed E-state index contributed by atoms with van der Waals surface area (Å²) in [4.78, 5) is 33.8. The zero-order valence-corrected chi connectivity index (χ0v) is 23.7. The minimum Gasteiger partial charge on any atom is -0.451 e.